The molecule has 0 bridgehead atoms. The number of hydrogen-bond donors (Lipinski definition) is 3. The number of hydrogen-bond acceptors (Lipinski definition) is 4. The van der Waals surface area contributed by atoms with E-state index in [-0.39, 0.29) is 22.8 Å². The second-order valence-corrected chi connectivity index (χ2v) is 6.14. The zero-order valence-electron chi connectivity index (χ0n) is 10.9. The number of anilines is 1. The Labute approximate surface area is 121 Å². The molecular formula is C14H13NO5S. The molecule has 0 fully saturated rings. The van der Waals surface area contributed by atoms with Crippen LogP contribution in [-0.2, 0) is 15.8 Å². The largest absolute Gasteiger partial charge is 0.508 e. The Hall–Kier alpha value is -2.54. The summed E-state index contributed by atoms with van der Waals surface area (Å²) in [6, 6.07) is 11.4. The van der Waals surface area contributed by atoms with E-state index in [4.69, 9.17) is 5.11 Å². The van der Waals surface area contributed by atoms with Gasteiger partial charge in [-0.05, 0) is 29.8 Å². The van der Waals surface area contributed by atoms with Gasteiger partial charge in [-0.2, -0.15) is 0 Å². The molecule has 2 aromatic rings. The van der Waals surface area contributed by atoms with Crippen molar-refractivity contribution in [2.75, 3.05) is 4.72 Å². The lowest BCUT2D eigenvalue weighted by molar-refractivity contribution is 0.0697. The van der Waals surface area contributed by atoms with Crippen LogP contribution in [0.4, 0.5) is 5.69 Å². The molecule has 0 spiro atoms. The zero-order chi connectivity index (χ0) is 15.5. The minimum absolute atomic E-state index is 0.0407. The van der Waals surface area contributed by atoms with Gasteiger partial charge in [-0.1, -0.05) is 18.2 Å². The molecular weight excluding hydrogens is 294 g/mol. The topological polar surface area (TPSA) is 104 Å². The molecule has 0 heterocycles. The van der Waals surface area contributed by atoms with Crippen LogP contribution >= 0.6 is 0 Å². The molecule has 2 aromatic carbocycles. The molecule has 110 valence electrons. The van der Waals surface area contributed by atoms with E-state index in [1.54, 1.807) is 0 Å². The molecule has 21 heavy (non-hydrogen) atoms. The molecule has 3 N–H and O–H groups in total. The van der Waals surface area contributed by atoms with E-state index in [9.17, 15) is 18.3 Å². The van der Waals surface area contributed by atoms with E-state index in [0.29, 0.717) is 5.56 Å². The van der Waals surface area contributed by atoms with Crippen LogP contribution < -0.4 is 4.72 Å². The van der Waals surface area contributed by atoms with Crippen molar-refractivity contribution in [2.45, 2.75) is 5.75 Å². The van der Waals surface area contributed by atoms with E-state index < -0.39 is 16.0 Å². The van der Waals surface area contributed by atoms with Gasteiger partial charge in [0.1, 0.15) is 5.75 Å². The molecule has 6 nitrogen and oxygen atoms in total. The van der Waals surface area contributed by atoms with E-state index >= 15 is 0 Å². The zero-order valence-corrected chi connectivity index (χ0v) is 11.7. The Kier molecular flexibility index (Phi) is 4.13. The Morgan fingerprint density at radius 1 is 1.10 bits per heavy atom. The molecule has 0 radical (unpaired) electrons. The molecule has 0 aromatic heterocycles. The van der Waals surface area contributed by atoms with E-state index in [0.717, 1.165) is 0 Å². The number of aromatic carboxylic acids is 1. The summed E-state index contributed by atoms with van der Waals surface area (Å²) in [5.74, 6) is -1.40. The molecule has 0 saturated heterocycles. The quantitative estimate of drug-likeness (QED) is 0.784. The van der Waals surface area contributed by atoms with Gasteiger partial charge in [0, 0.05) is 6.07 Å². The number of rotatable bonds is 5. The Balaban J connectivity index is 2.12. The predicted molar refractivity (Wildman–Crippen MR) is 77.8 cm³/mol. The SMILES string of the molecule is O=C(O)c1ccc(CS(=O)(=O)Nc2cccc(O)c2)cc1. The highest BCUT2D eigenvalue weighted by atomic mass is 32.2. The van der Waals surface area contributed by atoms with Crippen molar-refractivity contribution in [1.29, 1.82) is 0 Å². The lowest BCUT2D eigenvalue weighted by atomic mass is 10.1. The number of phenols is 1. The average Bonchev–Trinajstić information content (AvgIpc) is 2.38. The maximum atomic E-state index is 12.0. The summed E-state index contributed by atoms with van der Waals surface area (Å²) in [5.41, 5.74) is 0.821. The van der Waals surface area contributed by atoms with Gasteiger partial charge in [0.05, 0.1) is 17.0 Å². The maximum absolute atomic E-state index is 12.0. The van der Waals surface area contributed by atoms with Crippen molar-refractivity contribution in [3.8, 4) is 5.75 Å². The number of nitrogens with one attached hydrogen (secondary N) is 1. The first-order valence-corrected chi connectivity index (χ1v) is 7.63. The van der Waals surface area contributed by atoms with Gasteiger partial charge >= 0.3 is 5.97 Å². The first kappa shape index (κ1) is 14.9. The van der Waals surface area contributed by atoms with Crippen LogP contribution in [0.2, 0.25) is 0 Å². The third-order valence-electron chi connectivity index (χ3n) is 2.68. The molecule has 0 saturated carbocycles. The standard InChI is InChI=1S/C14H13NO5S/c16-13-3-1-2-12(8-13)15-21(19,20)9-10-4-6-11(7-5-10)14(17)18/h1-8,15-16H,9H2,(H,17,18). The minimum atomic E-state index is -3.65. The van der Waals surface area contributed by atoms with Crippen molar-refractivity contribution in [2.24, 2.45) is 0 Å². The van der Waals surface area contributed by atoms with Crippen LogP contribution in [0.1, 0.15) is 15.9 Å². The Morgan fingerprint density at radius 3 is 2.33 bits per heavy atom. The van der Waals surface area contributed by atoms with Gasteiger partial charge in [0.2, 0.25) is 10.0 Å². The van der Waals surface area contributed by atoms with E-state index in [1.165, 1.54) is 48.5 Å². The van der Waals surface area contributed by atoms with Crippen LogP contribution in [0.15, 0.2) is 48.5 Å². The molecule has 0 unspecified atom stereocenters. The van der Waals surface area contributed by atoms with Crippen molar-refractivity contribution in [3.05, 3.63) is 59.7 Å². The highest BCUT2D eigenvalue weighted by Gasteiger charge is 2.12. The van der Waals surface area contributed by atoms with Crippen molar-refractivity contribution >= 4 is 21.7 Å². The highest BCUT2D eigenvalue weighted by molar-refractivity contribution is 7.91. The Bertz CT molecular complexity index is 753. The second kappa shape index (κ2) is 5.84. The predicted octanol–water partition coefficient (Wildman–Crippen LogP) is 2.03. The Morgan fingerprint density at radius 2 is 1.76 bits per heavy atom. The number of sulfonamides is 1. The van der Waals surface area contributed by atoms with Crippen molar-refractivity contribution < 1.29 is 23.4 Å². The lowest BCUT2D eigenvalue weighted by Crippen LogP contribution is -2.15. The third kappa shape index (κ3) is 4.22. The van der Waals surface area contributed by atoms with Crippen molar-refractivity contribution in [3.63, 3.8) is 0 Å². The molecule has 0 atom stereocenters. The van der Waals surface area contributed by atoms with Crippen LogP contribution in [0.5, 0.6) is 5.75 Å². The van der Waals surface area contributed by atoms with Crippen LogP contribution in [0.3, 0.4) is 0 Å². The van der Waals surface area contributed by atoms with Gasteiger partial charge in [-0.25, -0.2) is 13.2 Å². The molecule has 0 aliphatic carbocycles. The monoisotopic (exact) mass is 307 g/mol. The minimum Gasteiger partial charge on any atom is -0.508 e. The van der Waals surface area contributed by atoms with Gasteiger partial charge in [0.15, 0.2) is 0 Å². The number of benzene rings is 2. The molecule has 0 aliphatic heterocycles. The highest BCUT2D eigenvalue weighted by Crippen LogP contribution is 2.18. The molecule has 0 amide bonds. The van der Waals surface area contributed by atoms with Crippen molar-refractivity contribution in [1.82, 2.24) is 0 Å². The summed E-state index contributed by atoms with van der Waals surface area (Å²) >= 11 is 0. The van der Waals surface area contributed by atoms with E-state index in [2.05, 4.69) is 4.72 Å². The van der Waals surface area contributed by atoms with Crippen LogP contribution in [0.25, 0.3) is 0 Å². The van der Waals surface area contributed by atoms with Crippen LogP contribution in [0, 0.1) is 0 Å². The van der Waals surface area contributed by atoms with Gasteiger partial charge in [-0.15, -0.1) is 0 Å². The fourth-order valence-electron chi connectivity index (χ4n) is 1.75. The summed E-state index contributed by atoms with van der Waals surface area (Å²) in [6.07, 6.45) is 0. The maximum Gasteiger partial charge on any atom is 0.335 e. The average molecular weight is 307 g/mol. The number of carboxylic acids is 1. The summed E-state index contributed by atoms with van der Waals surface area (Å²) in [4.78, 5) is 10.7. The summed E-state index contributed by atoms with van der Waals surface area (Å²) in [6.45, 7) is 0. The molecule has 2 rings (SSSR count). The number of carbonyl (C=O) groups is 1. The number of aromatic hydroxyl groups is 1. The van der Waals surface area contributed by atoms with Gasteiger partial charge in [-0.3, -0.25) is 4.72 Å². The van der Waals surface area contributed by atoms with Crippen LogP contribution in [-0.4, -0.2) is 24.6 Å². The third-order valence-corrected chi connectivity index (χ3v) is 3.94. The first-order valence-electron chi connectivity index (χ1n) is 5.97. The first-order chi connectivity index (χ1) is 9.85. The van der Waals surface area contributed by atoms with Gasteiger partial charge in [0.25, 0.3) is 0 Å². The fourth-order valence-corrected chi connectivity index (χ4v) is 2.94. The smallest absolute Gasteiger partial charge is 0.335 e. The summed E-state index contributed by atoms with van der Waals surface area (Å²) in [7, 11) is -3.65. The van der Waals surface area contributed by atoms with Gasteiger partial charge < -0.3 is 10.2 Å². The molecule has 7 heteroatoms. The normalized spacial score (nSPS) is 11.0. The van der Waals surface area contributed by atoms with E-state index in [1.807, 2.05) is 0 Å². The second-order valence-electron chi connectivity index (χ2n) is 4.41. The fraction of sp³-hybridized carbons (Fsp3) is 0.0714. The number of phenolic OH excluding ortho intramolecular Hbond substituents is 1. The number of carboxylic acid groups (broad SMARTS) is 1. The molecule has 0 aliphatic rings. The summed E-state index contributed by atoms with van der Waals surface area (Å²) in [5, 5.41) is 18.1. The lowest BCUT2D eigenvalue weighted by Gasteiger charge is -2.08. The summed E-state index contributed by atoms with van der Waals surface area (Å²) < 4.78 is 26.3.